The Morgan fingerprint density at radius 2 is 1.89 bits per heavy atom. The van der Waals surface area contributed by atoms with Crippen molar-refractivity contribution in [3.8, 4) is 0 Å². The Bertz CT molecular complexity index is 380. The van der Waals surface area contributed by atoms with Crippen molar-refractivity contribution < 1.29 is 23.1 Å². The van der Waals surface area contributed by atoms with Crippen LogP contribution >= 0.6 is 0 Å². The maximum absolute atomic E-state index is 11.2. The molecule has 0 saturated heterocycles. The summed E-state index contributed by atoms with van der Waals surface area (Å²) in [4.78, 5) is 21.6. The quantitative estimate of drug-likeness (QED) is 0.571. The zero-order valence-electron chi connectivity index (χ0n) is 10.6. The third-order valence-electron chi connectivity index (χ3n) is 2.27. The van der Waals surface area contributed by atoms with Crippen LogP contribution in [0.3, 0.4) is 0 Å². The summed E-state index contributed by atoms with van der Waals surface area (Å²) in [5.41, 5.74) is 0. The Kier molecular flexibility index (Phi) is 7.33. The minimum atomic E-state index is -3.08. The van der Waals surface area contributed by atoms with Gasteiger partial charge in [0.15, 0.2) is 9.84 Å². The number of sulfone groups is 1. The van der Waals surface area contributed by atoms with Crippen molar-refractivity contribution in [2.45, 2.75) is 20.3 Å². The van der Waals surface area contributed by atoms with E-state index in [-0.39, 0.29) is 36.9 Å². The molecule has 1 unspecified atom stereocenters. The SMILES string of the molecule is CCS(=O)(=O)CCNC(=O)NCC(C)CC(=O)O. The maximum Gasteiger partial charge on any atom is 0.314 e. The molecule has 2 amide bonds. The predicted molar refractivity (Wildman–Crippen MR) is 67.1 cm³/mol. The highest BCUT2D eigenvalue weighted by molar-refractivity contribution is 7.91. The molecule has 18 heavy (non-hydrogen) atoms. The van der Waals surface area contributed by atoms with Crippen molar-refractivity contribution in [2.24, 2.45) is 5.92 Å². The van der Waals surface area contributed by atoms with E-state index >= 15 is 0 Å². The first-order chi connectivity index (χ1) is 8.26. The average molecular weight is 280 g/mol. The summed E-state index contributed by atoms with van der Waals surface area (Å²) in [5, 5.41) is 13.4. The summed E-state index contributed by atoms with van der Waals surface area (Å²) in [6.07, 6.45) is -0.0233. The van der Waals surface area contributed by atoms with Crippen molar-refractivity contribution in [3.63, 3.8) is 0 Å². The number of carbonyl (C=O) groups is 2. The Morgan fingerprint density at radius 1 is 1.28 bits per heavy atom. The summed E-state index contributed by atoms with van der Waals surface area (Å²) in [5.74, 6) is -1.14. The molecule has 1 atom stereocenters. The first-order valence-corrected chi connectivity index (χ1v) is 7.53. The zero-order chi connectivity index (χ0) is 14.2. The number of carboxylic acid groups (broad SMARTS) is 1. The second-order valence-electron chi connectivity index (χ2n) is 4.08. The summed E-state index contributed by atoms with van der Waals surface area (Å²) >= 11 is 0. The predicted octanol–water partition coefficient (Wildman–Crippen LogP) is -0.169. The van der Waals surface area contributed by atoms with E-state index in [0.717, 1.165) is 0 Å². The molecule has 3 N–H and O–H groups in total. The van der Waals surface area contributed by atoms with Gasteiger partial charge in [-0.2, -0.15) is 0 Å². The molecule has 7 nitrogen and oxygen atoms in total. The Labute approximate surface area is 107 Å². The van der Waals surface area contributed by atoms with E-state index < -0.39 is 21.8 Å². The number of carbonyl (C=O) groups excluding carboxylic acids is 1. The standard InChI is InChI=1S/C10H20N2O5S/c1-3-18(16,17)5-4-11-10(15)12-7-8(2)6-9(13)14/h8H,3-7H2,1-2H3,(H,13,14)(H2,11,12,15). The lowest BCUT2D eigenvalue weighted by Gasteiger charge is -2.11. The van der Waals surface area contributed by atoms with Gasteiger partial charge in [0.05, 0.1) is 5.75 Å². The van der Waals surface area contributed by atoms with Crippen molar-refractivity contribution in [3.05, 3.63) is 0 Å². The lowest BCUT2D eigenvalue weighted by molar-refractivity contribution is -0.137. The smallest absolute Gasteiger partial charge is 0.314 e. The Balaban J connectivity index is 3.76. The summed E-state index contributed by atoms with van der Waals surface area (Å²) in [6.45, 7) is 3.53. The van der Waals surface area contributed by atoms with Gasteiger partial charge in [0, 0.05) is 25.3 Å². The summed E-state index contributed by atoms with van der Waals surface area (Å²) in [6, 6.07) is -0.487. The minimum absolute atomic E-state index is 0.0233. The maximum atomic E-state index is 11.2. The molecule has 0 aliphatic carbocycles. The highest BCUT2D eigenvalue weighted by Gasteiger charge is 2.10. The van der Waals surface area contributed by atoms with Crippen LogP contribution in [-0.2, 0) is 14.6 Å². The molecule has 0 aliphatic rings. The normalized spacial score (nSPS) is 12.8. The molecule has 0 fully saturated rings. The third-order valence-corrected chi connectivity index (χ3v) is 3.98. The number of carboxylic acids is 1. The van der Waals surface area contributed by atoms with Crippen molar-refractivity contribution >= 4 is 21.8 Å². The Morgan fingerprint density at radius 3 is 2.39 bits per heavy atom. The van der Waals surface area contributed by atoms with Gasteiger partial charge in [-0.15, -0.1) is 0 Å². The first-order valence-electron chi connectivity index (χ1n) is 5.70. The van der Waals surface area contributed by atoms with E-state index in [1.807, 2.05) is 0 Å². The van der Waals surface area contributed by atoms with Crippen LogP contribution in [0.2, 0.25) is 0 Å². The zero-order valence-corrected chi connectivity index (χ0v) is 11.4. The van der Waals surface area contributed by atoms with Gasteiger partial charge in [0.2, 0.25) is 0 Å². The van der Waals surface area contributed by atoms with Crippen LogP contribution in [0.4, 0.5) is 4.79 Å². The van der Waals surface area contributed by atoms with Gasteiger partial charge in [0.1, 0.15) is 0 Å². The summed E-state index contributed by atoms with van der Waals surface area (Å²) < 4.78 is 22.3. The van der Waals surface area contributed by atoms with Gasteiger partial charge in [-0.3, -0.25) is 4.79 Å². The van der Waals surface area contributed by atoms with Crippen molar-refractivity contribution in [1.29, 1.82) is 0 Å². The van der Waals surface area contributed by atoms with Gasteiger partial charge in [0.25, 0.3) is 0 Å². The fourth-order valence-corrected chi connectivity index (χ4v) is 1.87. The van der Waals surface area contributed by atoms with E-state index in [1.54, 1.807) is 13.8 Å². The van der Waals surface area contributed by atoms with Crippen LogP contribution in [0.15, 0.2) is 0 Å². The highest BCUT2D eigenvalue weighted by Crippen LogP contribution is 1.98. The molecule has 0 aromatic carbocycles. The van der Waals surface area contributed by atoms with E-state index in [0.29, 0.717) is 0 Å². The topological polar surface area (TPSA) is 113 Å². The fraction of sp³-hybridized carbons (Fsp3) is 0.800. The molecule has 0 aromatic heterocycles. The van der Waals surface area contributed by atoms with Crippen LogP contribution in [-0.4, -0.2) is 50.1 Å². The lowest BCUT2D eigenvalue weighted by Crippen LogP contribution is -2.40. The Hall–Kier alpha value is -1.31. The number of urea groups is 1. The van der Waals surface area contributed by atoms with E-state index in [4.69, 9.17) is 5.11 Å². The second-order valence-corrected chi connectivity index (χ2v) is 6.55. The largest absolute Gasteiger partial charge is 0.481 e. The number of hydrogen-bond donors (Lipinski definition) is 3. The molecule has 8 heteroatoms. The monoisotopic (exact) mass is 280 g/mol. The van der Waals surface area contributed by atoms with Gasteiger partial charge < -0.3 is 15.7 Å². The molecule has 0 spiro atoms. The number of amides is 2. The van der Waals surface area contributed by atoms with E-state index in [1.165, 1.54) is 0 Å². The average Bonchev–Trinajstić information content (AvgIpc) is 2.25. The number of hydrogen-bond acceptors (Lipinski definition) is 4. The van der Waals surface area contributed by atoms with Crippen LogP contribution in [0.1, 0.15) is 20.3 Å². The highest BCUT2D eigenvalue weighted by atomic mass is 32.2. The number of aliphatic carboxylic acids is 1. The molecule has 0 radical (unpaired) electrons. The van der Waals surface area contributed by atoms with E-state index in [2.05, 4.69) is 10.6 Å². The van der Waals surface area contributed by atoms with E-state index in [9.17, 15) is 18.0 Å². The molecule has 0 bridgehead atoms. The van der Waals surface area contributed by atoms with Gasteiger partial charge >= 0.3 is 12.0 Å². The number of rotatable bonds is 8. The molecular formula is C10H20N2O5S. The van der Waals surface area contributed by atoms with Crippen LogP contribution < -0.4 is 10.6 Å². The van der Waals surface area contributed by atoms with Crippen LogP contribution in [0.25, 0.3) is 0 Å². The fourth-order valence-electron chi connectivity index (χ4n) is 1.16. The van der Waals surface area contributed by atoms with Crippen molar-refractivity contribution in [1.82, 2.24) is 10.6 Å². The van der Waals surface area contributed by atoms with Crippen LogP contribution in [0.5, 0.6) is 0 Å². The molecular weight excluding hydrogens is 260 g/mol. The molecule has 0 aromatic rings. The lowest BCUT2D eigenvalue weighted by atomic mass is 10.1. The molecule has 0 heterocycles. The minimum Gasteiger partial charge on any atom is -0.481 e. The molecule has 106 valence electrons. The van der Waals surface area contributed by atoms with Crippen LogP contribution in [0, 0.1) is 5.92 Å². The van der Waals surface area contributed by atoms with Crippen molar-refractivity contribution in [2.75, 3.05) is 24.6 Å². The van der Waals surface area contributed by atoms with Gasteiger partial charge in [-0.25, -0.2) is 13.2 Å². The second kappa shape index (κ2) is 7.91. The van der Waals surface area contributed by atoms with Gasteiger partial charge in [-0.05, 0) is 5.92 Å². The van der Waals surface area contributed by atoms with Gasteiger partial charge in [-0.1, -0.05) is 13.8 Å². The molecule has 0 saturated carbocycles. The molecule has 0 aliphatic heterocycles. The first kappa shape index (κ1) is 16.7. The summed E-state index contributed by atoms with van der Waals surface area (Å²) in [7, 11) is -3.08. The number of nitrogens with one attached hydrogen (secondary N) is 2. The third kappa shape index (κ3) is 8.80. The molecule has 0 rings (SSSR count).